The lowest BCUT2D eigenvalue weighted by molar-refractivity contribution is -0.143. The molecule has 2 amide bonds. The van der Waals surface area contributed by atoms with Gasteiger partial charge in [-0.1, -0.05) is 41.5 Å². The molecule has 0 bridgehead atoms. The van der Waals surface area contributed by atoms with Crippen LogP contribution in [0.1, 0.15) is 80.1 Å². The lowest BCUT2D eigenvalue weighted by Crippen LogP contribution is -2.44. The van der Waals surface area contributed by atoms with Gasteiger partial charge in [0.15, 0.2) is 5.78 Å². The van der Waals surface area contributed by atoms with Crippen LogP contribution in [0.4, 0.5) is 4.79 Å². The quantitative estimate of drug-likeness (QED) is 0.268. The Labute approximate surface area is 186 Å². The van der Waals surface area contributed by atoms with E-state index in [1.54, 1.807) is 0 Å². The van der Waals surface area contributed by atoms with Gasteiger partial charge in [-0.25, -0.2) is 9.59 Å². The van der Waals surface area contributed by atoms with Crippen molar-refractivity contribution in [1.82, 2.24) is 5.32 Å². The fraction of sp³-hybridized carbons (Fsp3) is 0.739. The predicted molar refractivity (Wildman–Crippen MR) is 123 cm³/mol. The fourth-order valence-corrected chi connectivity index (χ4v) is 3.49. The number of unbranched alkanes of at least 4 members (excludes halogenated alkanes) is 1. The van der Waals surface area contributed by atoms with E-state index in [0.717, 1.165) is 0 Å². The van der Waals surface area contributed by atoms with Crippen LogP contribution in [0.3, 0.4) is 0 Å². The highest BCUT2D eigenvalue weighted by atomic mass is 16.5. The number of carbonyl (C=O) groups excluding carboxylic acids is 3. The van der Waals surface area contributed by atoms with E-state index in [9.17, 15) is 19.5 Å². The van der Waals surface area contributed by atoms with E-state index in [0.29, 0.717) is 62.3 Å². The number of nitrogens with one attached hydrogen (secondary N) is 1. The first-order chi connectivity index (χ1) is 14.5. The maximum atomic E-state index is 12.6. The van der Waals surface area contributed by atoms with Crippen molar-refractivity contribution in [2.75, 3.05) is 13.7 Å². The van der Waals surface area contributed by atoms with E-state index in [-0.39, 0.29) is 17.0 Å². The van der Waals surface area contributed by atoms with Gasteiger partial charge in [0.2, 0.25) is 0 Å². The van der Waals surface area contributed by atoms with Gasteiger partial charge in [-0.2, -0.15) is 0 Å². The fourth-order valence-electron chi connectivity index (χ4n) is 3.49. The summed E-state index contributed by atoms with van der Waals surface area (Å²) in [5, 5.41) is 12.9. The first kappa shape index (κ1) is 28.6. The van der Waals surface area contributed by atoms with Gasteiger partial charge < -0.3 is 20.9 Å². The highest BCUT2D eigenvalue weighted by molar-refractivity contribution is 6.23. The molecule has 0 fully saturated rings. The molecule has 0 saturated carbocycles. The SMILES string of the molecule is CC.COC(=O)C(CCCCN=C(CC(C)C)C1=C(O)CC(C)(C)CC1=O)NC(N)=O. The van der Waals surface area contributed by atoms with E-state index in [1.165, 1.54) is 7.11 Å². The summed E-state index contributed by atoms with van der Waals surface area (Å²) in [5.74, 6) is -0.185. The second-order valence-electron chi connectivity index (χ2n) is 8.77. The van der Waals surface area contributed by atoms with Crippen molar-refractivity contribution in [2.24, 2.45) is 22.1 Å². The number of ether oxygens (including phenoxy) is 1. The normalized spacial score (nSPS) is 17.0. The molecule has 1 unspecified atom stereocenters. The van der Waals surface area contributed by atoms with Crippen LogP contribution in [0, 0.1) is 11.3 Å². The molecule has 8 heteroatoms. The van der Waals surface area contributed by atoms with Crippen molar-refractivity contribution < 1.29 is 24.2 Å². The molecular formula is C23H41N3O5. The molecule has 0 aromatic rings. The van der Waals surface area contributed by atoms with Crippen LogP contribution in [0.15, 0.2) is 16.3 Å². The molecule has 0 saturated heterocycles. The van der Waals surface area contributed by atoms with Gasteiger partial charge in [-0.15, -0.1) is 0 Å². The number of allylic oxidation sites excluding steroid dienone is 2. The maximum Gasteiger partial charge on any atom is 0.328 e. The van der Waals surface area contributed by atoms with Gasteiger partial charge in [0.25, 0.3) is 0 Å². The summed E-state index contributed by atoms with van der Waals surface area (Å²) in [4.78, 5) is 39.9. The highest BCUT2D eigenvalue weighted by Gasteiger charge is 2.35. The summed E-state index contributed by atoms with van der Waals surface area (Å²) in [5.41, 5.74) is 5.87. The van der Waals surface area contributed by atoms with Gasteiger partial charge in [-0.05, 0) is 37.0 Å². The summed E-state index contributed by atoms with van der Waals surface area (Å²) in [6, 6.07) is -1.57. The number of hydrogen-bond donors (Lipinski definition) is 3. The van der Waals surface area contributed by atoms with Crippen LogP contribution in [-0.2, 0) is 14.3 Å². The van der Waals surface area contributed by atoms with Crippen LogP contribution in [0.25, 0.3) is 0 Å². The van der Waals surface area contributed by atoms with Crippen LogP contribution in [0.2, 0.25) is 0 Å². The molecular weight excluding hydrogens is 398 g/mol. The molecule has 0 aromatic carbocycles. The first-order valence-corrected chi connectivity index (χ1v) is 11.1. The molecule has 0 aliphatic heterocycles. The standard InChI is InChI=1S/C21H35N3O5.C2H6/c1-13(2)10-15(18-16(25)11-21(3,4)12-17(18)26)23-9-7-6-8-14(19(27)29-5)24-20(22)28;1-2/h13-14,25H,6-12H2,1-5H3,(H3,22,24,28);1-2H3. The molecule has 4 N–H and O–H groups in total. The molecule has 178 valence electrons. The Bertz CT molecular complexity index is 681. The number of esters is 1. The molecule has 0 aromatic heterocycles. The molecule has 0 heterocycles. The average molecular weight is 440 g/mol. The van der Waals surface area contributed by atoms with Gasteiger partial charge in [0, 0.05) is 25.1 Å². The zero-order valence-corrected chi connectivity index (χ0v) is 20.2. The summed E-state index contributed by atoms with van der Waals surface area (Å²) in [6.07, 6.45) is 3.12. The molecule has 0 spiro atoms. The molecule has 0 radical (unpaired) electrons. The maximum absolute atomic E-state index is 12.6. The molecule has 1 aliphatic rings. The Morgan fingerprint density at radius 2 is 1.84 bits per heavy atom. The number of methoxy groups -OCH3 is 1. The number of urea groups is 1. The van der Waals surface area contributed by atoms with Crippen LogP contribution >= 0.6 is 0 Å². The molecule has 1 aliphatic carbocycles. The van der Waals surface area contributed by atoms with Gasteiger partial charge in [0.1, 0.15) is 11.8 Å². The molecule has 1 rings (SSSR count). The number of hydrogen-bond acceptors (Lipinski definition) is 6. The number of aliphatic hydroxyl groups excluding tert-OH is 1. The number of nitrogens with two attached hydrogens (primary N) is 1. The van der Waals surface area contributed by atoms with Crippen molar-refractivity contribution in [3.63, 3.8) is 0 Å². The number of aliphatic imine (C=N–C) groups is 1. The number of rotatable bonds is 10. The molecule has 8 nitrogen and oxygen atoms in total. The number of carbonyl (C=O) groups is 3. The Balaban J connectivity index is 0.00000436. The third-order valence-electron chi connectivity index (χ3n) is 4.75. The third kappa shape index (κ3) is 10.5. The van der Waals surface area contributed by atoms with Crippen molar-refractivity contribution in [2.45, 2.75) is 86.1 Å². The number of nitrogens with zero attached hydrogens (tertiary/aromatic N) is 1. The number of amides is 2. The Morgan fingerprint density at radius 1 is 1.23 bits per heavy atom. The summed E-state index contributed by atoms with van der Waals surface area (Å²) >= 11 is 0. The number of aliphatic hydroxyl groups is 1. The van der Waals surface area contributed by atoms with Crippen molar-refractivity contribution >= 4 is 23.5 Å². The minimum absolute atomic E-state index is 0.0606. The topological polar surface area (TPSA) is 131 Å². The highest BCUT2D eigenvalue weighted by Crippen LogP contribution is 2.36. The van der Waals surface area contributed by atoms with E-state index < -0.39 is 18.0 Å². The van der Waals surface area contributed by atoms with E-state index in [4.69, 9.17) is 5.73 Å². The van der Waals surface area contributed by atoms with Gasteiger partial charge in [-0.3, -0.25) is 9.79 Å². The minimum atomic E-state index is -0.787. The lowest BCUT2D eigenvalue weighted by atomic mass is 9.75. The second-order valence-corrected chi connectivity index (χ2v) is 8.77. The molecule has 1 atom stereocenters. The Hall–Kier alpha value is -2.38. The van der Waals surface area contributed by atoms with Crippen LogP contribution < -0.4 is 11.1 Å². The Morgan fingerprint density at radius 3 is 2.32 bits per heavy atom. The monoisotopic (exact) mass is 439 g/mol. The average Bonchev–Trinajstić information content (AvgIpc) is 2.65. The van der Waals surface area contributed by atoms with Crippen molar-refractivity contribution in [3.05, 3.63) is 11.3 Å². The second kappa shape index (κ2) is 13.8. The van der Waals surface area contributed by atoms with E-state index in [1.807, 2.05) is 41.5 Å². The van der Waals surface area contributed by atoms with Crippen LogP contribution in [-0.4, -0.2) is 48.3 Å². The van der Waals surface area contributed by atoms with Gasteiger partial charge in [0.05, 0.1) is 12.7 Å². The minimum Gasteiger partial charge on any atom is -0.511 e. The Kier molecular flexibility index (Phi) is 12.8. The smallest absolute Gasteiger partial charge is 0.328 e. The largest absolute Gasteiger partial charge is 0.511 e. The lowest BCUT2D eigenvalue weighted by Gasteiger charge is -2.30. The van der Waals surface area contributed by atoms with Gasteiger partial charge >= 0.3 is 12.0 Å². The summed E-state index contributed by atoms with van der Waals surface area (Å²) in [7, 11) is 1.25. The predicted octanol–water partition coefficient (Wildman–Crippen LogP) is 4.08. The number of primary amides is 1. The zero-order valence-electron chi connectivity index (χ0n) is 20.2. The van der Waals surface area contributed by atoms with Crippen molar-refractivity contribution in [3.8, 4) is 0 Å². The zero-order chi connectivity index (χ0) is 24.2. The van der Waals surface area contributed by atoms with Crippen LogP contribution in [0.5, 0.6) is 0 Å². The van der Waals surface area contributed by atoms with E-state index >= 15 is 0 Å². The molecule has 31 heavy (non-hydrogen) atoms. The van der Waals surface area contributed by atoms with E-state index in [2.05, 4.69) is 15.0 Å². The first-order valence-electron chi connectivity index (χ1n) is 11.1. The summed E-state index contributed by atoms with van der Waals surface area (Å²) in [6.45, 7) is 12.5. The van der Waals surface area contributed by atoms with Crippen molar-refractivity contribution in [1.29, 1.82) is 0 Å². The third-order valence-corrected chi connectivity index (χ3v) is 4.75. The number of Topliss-reactive ketones (excluding diaryl/α,β-unsaturated/α-hetero) is 1. The summed E-state index contributed by atoms with van der Waals surface area (Å²) < 4.78 is 4.66. The number of ketones is 1.